The average molecular weight is 287 g/mol. The first kappa shape index (κ1) is 13.2. The molecule has 1 rings (SSSR count). The van der Waals surface area contributed by atoms with Crippen LogP contribution in [0.4, 0.5) is 0 Å². The van der Waals surface area contributed by atoms with E-state index in [2.05, 4.69) is 26.1 Å². The van der Waals surface area contributed by atoms with Gasteiger partial charge in [0.15, 0.2) is 0 Å². The highest BCUT2D eigenvalue weighted by atomic mass is 79.9. The number of hydrogen-bond acceptors (Lipinski definition) is 3. The molecular weight excluding hydrogens is 272 g/mol. The zero-order valence-corrected chi connectivity index (χ0v) is 10.9. The van der Waals surface area contributed by atoms with Gasteiger partial charge in [0, 0.05) is 4.47 Å². The molecule has 0 aromatic heterocycles. The third-order valence-corrected chi connectivity index (χ3v) is 2.71. The van der Waals surface area contributed by atoms with Gasteiger partial charge in [-0.3, -0.25) is 4.79 Å². The topological polar surface area (TPSA) is 64.3 Å². The monoisotopic (exact) mass is 286 g/mol. The minimum Gasteiger partial charge on any atom is -0.345 e. The second-order valence-electron chi connectivity index (χ2n) is 4.13. The molecular formula is C11H15BrN2O2. The smallest absolute Gasteiger partial charge is 0.252 e. The minimum atomic E-state index is -0.499. The summed E-state index contributed by atoms with van der Waals surface area (Å²) in [5, 5.41) is 2.84. The molecule has 0 unspecified atom stereocenters. The van der Waals surface area contributed by atoms with Crippen molar-refractivity contribution in [1.29, 1.82) is 0 Å². The number of rotatable bonds is 4. The van der Waals surface area contributed by atoms with Crippen LogP contribution in [0, 0.1) is 0 Å². The predicted octanol–water partition coefficient (Wildman–Crippen LogP) is 1.85. The maximum atomic E-state index is 11.9. The van der Waals surface area contributed by atoms with E-state index in [1.54, 1.807) is 6.07 Å². The van der Waals surface area contributed by atoms with E-state index in [1.807, 2.05) is 32.0 Å². The van der Waals surface area contributed by atoms with E-state index >= 15 is 0 Å². The molecule has 0 fully saturated rings. The minimum absolute atomic E-state index is 0.158. The van der Waals surface area contributed by atoms with Crippen LogP contribution in [-0.2, 0) is 4.84 Å². The zero-order valence-electron chi connectivity index (χ0n) is 9.29. The summed E-state index contributed by atoms with van der Waals surface area (Å²) in [6.45, 7) is 3.94. The maximum Gasteiger partial charge on any atom is 0.252 e. The molecule has 0 saturated carbocycles. The number of benzene rings is 1. The van der Waals surface area contributed by atoms with Crippen LogP contribution in [-0.4, -0.2) is 18.1 Å². The van der Waals surface area contributed by atoms with Crippen LogP contribution in [0.2, 0.25) is 0 Å². The molecule has 0 aliphatic carbocycles. The largest absolute Gasteiger partial charge is 0.345 e. The molecule has 1 aromatic rings. The highest BCUT2D eigenvalue weighted by Gasteiger charge is 2.22. The Hall–Kier alpha value is -0.910. The van der Waals surface area contributed by atoms with Gasteiger partial charge in [0.05, 0.1) is 17.7 Å². The molecule has 0 bridgehead atoms. The molecule has 3 N–H and O–H groups in total. The van der Waals surface area contributed by atoms with Crippen molar-refractivity contribution in [3.05, 3.63) is 34.3 Å². The Morgan fingerprint density at radius 1 is 1.50 bits per heavy atom. The second kappa shape index (κ2) is 5.43. The molecule has 0 heterocycles. The van der Waals surface area contributed by atoms with E-state index in [0.29, 0.717) is 5.56 Å². The zero-order chi connectivity index (χ0) is 12.2. The Morgan fingerprint density at radius 2 is 2.12 bits per heavy atom. The molecule has 0 aliphatic heterocycles. The fourth-order valence-corrected chi connectivity index (χ4v) is 1.73. The average Bonchev–Trinajstić information content (AvgIpc) is 2.17. The van der Waals surface area contributed by atoms with Crippen LogP contribution >= 0.6 is 15.9 Å². The van der Waals surface area contributed by atoms with Crippen molar-refractivity contribution in [2.24, 2.45) is 5.90 Å². The van der Waals surface area contributed by atoms with Gasteiger partial charge in [-0.1, -0.05) is 12.1 Å². The van der Waals surface area contributed by atoms with Crippen LogP contribution in [0.1, 0.15) is 24.2 Å². The van der Waals surface area contributed by atoms with Crippen LogP contribution in [0.5, 0.6) is 0 Å². The molecule has 4 nitrogen and oxygen atoms in total. The van der Waals surface area contributed by atoms with E-state index in [1.165, 1.54) is 0 Å². The molecule has 0 spiro atoms. The first-order valence-corrected chi connectivity index (χ1v) is 5.64. The molecule has 0 radical (unpaired) electrons. The van der Waals surface area contributed by atoms with E-state index in [-0.39, 0.29) is 12.5 Å². The normalized spacial score (nSPS) is 11.2. The summed E-state index contributed by atoms with van der Waals surface area (Å²) in [6, 6.07) is 7.24. The molecule has 88 valence electrons. The van der Waals surface area contributed by atoms with Gasteiger partial charge in [-0.25, -0.2) is 5.90 Å². The summed E-state index contributed by atoms with van der Waals surface area (Å²) in [6.07, 6.45) is 0. The molecule has 0 aliphatic rings. The molecule has 1 amide bonds. The van der Waals surface area contributed by atoms with Gasteiger partial charge in [0.1, 0.15) is 0 Å². The van der Waals surface area contributed by atoms with Crippen LogP contribution < -0.4 is 11.2 Å². The lowest BCUT2D eigenvalue weighted by atomic mass is 10.1. The van der Waals surface area contributed by atoms with E-state index in [0.717, 1.165) is 4.47 Å². The lowest BCUT2D eigenvalue weighted by Crippen LogP contribution is -2.47. The fraction of sp³-hybridized carbons (Fsp3) is 0.364. The third kappa shape index (κ3) is 3.59. The molecule has 0 saturated heterocycles. The highest BCUT2D eigenvalue weighted by molar-refractivity contribution is 9.10. The number of nitrogens with two attached hydrogens (primary N) is 1. The van der Waals surface area contributed by atoms with Crippen molar-refractivity contribution in [3.8, 4) is 0 Å². The van der Waals surface area contributed by atoms with Crippen molar-refractivity contribution in [2.75, 3.05) is 6.61 Å². The Labute approximate surface area is 103 Å². The van der Waals surface area contributed by atoms with E-state index in [9.17, 15) is 4.79 Å². The van der Waals surface area contributed by atoms with Crippen molar-refractivity contribution in [1.82, 2.24) is 5.32 Å². The molecule has 5 heteroatoms. The number of carbonyl (C=O) groups is 1. The quantitative estimate of drug-likeness (QED) is 0.831. The first-order chi connectivity index (χ1) is 7.46. The van der Waals surface area contributed by atoms with Gasteiger partial charge in [-0.05, 0) is 41.9 Å². The lowest BCUT2D eigenvalue weighted by Gasteiger charge is -2.25. The van der Waals surface area contributed by atoms with E-state index < -0.39 is 5.54 Å². The molecule has 1 aromatic carbocycles. The Bertz CT molecular complexity index is 380. The number of carbonyl (C=O) groups excluding carboxylic acids is 1. The molecule has 16 heavy (non-hydrogen) atoms. The SMILES string of the molecule is CC(C)(CON)NC(=O)c1ccccc1Br. The predicted molar refractivity (Wildman–Crippen MR) is 65.8 cm³/mol. The van der Waals surface area contributed by atoms with Gasteiger partial charge >= 0.3 is 0 Å². The van der Waals surface area contributed by atoms with Gasteiger partial charge in [0.25, 0.3) is 5.91 Å². The van der Waals surface area contributed by atoms with Crippen molar-refractivity contribution in [3.63, 3.8) is 0 Å². The van der Waals surface area contributed by atoms with Crippen LogP contribution in [0.3, 0.4) is 0 Å². The number of halogens is 1. The van der Waals surface area contributed by atoms with Crippen LogP contribution in [0.25, 0.3) is 0 Å². The molecule has 0 atom stereocenters. The van der Waals surface area contributed by atoms with Crippen molar-refractivity contribution >= 4 is 21.8 Å². The Morgan fingerprint density at radius 3 is 2.69 bits per heavy atom. The summed E-state index contributed by atoms with van der Waals surface area (Å²) in [5.74, 6) is 4.84. The number of nitrogens with one attached hydrogen (secondary N) is 1. The standard InChI is InChI=1S/C11H15BrN2O2/c1-11(2,7-16-13)14-10(15)8-5-3-4-6-9(8)12/h3-6H,7,13H2,1-2H3,(H,14,15). The van der Waals surface area contributed by atoms with Crippen molar-refractivity contribution in [2.45, 2.75) is 19.4 Å². The van der Waals surface area contributed by atoms with Gasteiger partial charge in [-0.2, -0.15) is 0 Å². The Balaban J connectivity index is 2.77. The summed E-state index contributed by atoms with van der Waals surface area (Å²) < 4.78 is 0.761. The number of hydrogen-bond donors (Lipinski definition) is 2. The van der Waals surface area contributed by atoms with Gasteiger partial charge in [0.2, 0.25) is 0 Å². The lowest BCUT2D eigenvalue weighted by molar-refractivity contribution is 0.0687. The van der Waals surface area contributed by atoms with E-state index in [4.69, 9.17) is 5.90 Å². The summed E-state index contributed by atoms with van der Waals surface area (Å²) in [7, 11) is 0. The first-order valence-electron chi connectivity index (χ1n) is 4.85. The second-order valence-corrected chi connectivity index (χ2v) is 4.98. The van der Waals surface area contributed by atoms with Gasteiger partial charge in [-0.15, -0.1) is 0 Å². The van der Waals surface area contributed by atoms with Crippen LogP contribution in [0.15, 0.2) is 28.7 Å². The van der Waals surface area contributed by atoms with Crippen molar-refractivity contribution < 1.29 is 9.63 Å². The Kier molecular flexibility index (Phi) is 4.46. The summed E-state index contributed by atoms with van der Waals surface area (Å²) >= 11 is 3.33. The fourth-order valence-electron chi connectivity index (χ4n) is 1.26. The third-order valence-electron chi connectivity index (χ3n) is 2.01. The maximum absolute atomic E-state index is 11.9. The summed E-state index contributed by atoms with van der Waals surface area (Å²) in [5.41, 5.74) is 0.0915. The number of amides is 1. The summed E-state index contributed by atoms with van der Waals surface area (Å²) in [4.78, 5) is 16.5. The highest BCUT2D eigenvalue weighted by Crippen LogP contribution is 2.16. The van der Waals surface area contributed by atoms with Gasteiger partial charge < -0.3 is 10.2 Å².